The van der Waals surface area contributed by atoms with E-state index in [0.717, 1.165) is 30.8 Å². The Hall–Kier alpha value is -1.58. The maximum absolute atomic E-state index is 5.54. The molecule has 0 spiro atoms. The van der Waals surface area contributed by atoms with E-state index in [1.807, 2.05) is 13.0 Å². The van der Waals surface area contributed by atoms with Gasteiger partial charge in [0.15, 0.2) is 0 Å². The highest BCUT2D eigenvalue weighted by atomic mass is 16.5. The highest BCUT2D eigenvalue weighted by Gasteiger charge is 2.06. The molecule has 4 heteroatoms. The van der Waals surface area contributed by atoms with Crippen molar-refractivity contribution in [3.8, 4) is 5.88 Å². The fourth-order valence-electron chi connectivity index (χ4n) is 1.24. The molecule has 1 N–H and O–H groups in total. The molecule has 88 valence electrons. The lowest BCUT2D eigenvalue weighted by atomic mass is 10.3. The molecule has 0 aliphatic carbocycles. The van der Waals surface area contributed by atoms with E-state index in [0.29, 0.717) is 12.5 Å². The van der Waals surface area contributed by atoms with Crippen LogP contribution in [0.2, 0.25) is 0 Å². The van der Waals surface area contributed by atoms with Crippen LogP contribution in [0, 0.1) is 6.92 Å². The first-order valence-corrected chi connectivity index (χ1v) is 5.58. The summed E-state index contributed by atoms with van der Waals surface area (Å²) in [6.45, 7) is 9.24. The van der Waals surface area contributed by atoms with Crippen molar-refractivity contribution in [1.29, 1.82) is 0 Å². The molecule has 0 unspecified atom stereocenters. The Labute approximate surface area is 96.8 Å². The Morgan fingerprint density at radius 3 is 3.00 bits per heavy atom. The van der Waals surface area contributed by atoms with Gasteiger partial charge in [-0.05, 0) is 19.8 Å². The molecule has 4 nitrogen and oxygen atoms in total. The van der Waals surface area contributed by atoms with E-state index < -0.39 is 0 Å². The van der Waals surface area contributed by atoms with Gasteiger partial charge in [0.25, 0.3) is 0 Å². The topological polar surface area (TPSA) is 47.0 Å². The van der Waals surface area contributed by atoms with Crippen LogP contribution in [-0.4, -0.2) is 23.1 Å². The minimum Gasteiger partial charge on any atom is -0.477 e. The molecule has 0 aliphatic heterocycles. The van der Waals surface area contributed by atoms with Crippen LogP contribution < -0.4 is 10.1 Å². The van der Waals surface area contributed by atoms with Gasteiger partial charge in [0, 0.05) is 6.54 Å². The van der Waals surface area contributed by atoms with Crippen molar-refractivity contribution in [1.82, 2.24) is 9.97 Å². The highest BCUT2D eigenvalue weighted by Crippen LogP contribution is 2.20. The number of ether oxygens (including phenoxy) is 1. The van der Waals surface area contributed by atoms with Crippen molar-refractivity contribution in [2.24, 2.45) is 0 Å². The van der Waals surface area contributed by atoms with E-state index in [4.69, 9.17) is 4.74 Å². The molecule has 0 aromatic carbocycles. The average molecular weight is 221 g/mol. The predicted octanol–water partition coefficient (Wildman–Crippen LogP) is 2.56. The Kier molecular flexibility index (Phi) is 5.32. The average Bonchev–Trinajstić information content (AvgIpc) is 2.30. The lowest BCUT2D eigenvalue weighted by Gasteiger charge is -2.11. The first kappa shape index (κ1) is 12.5. The fourth-order valence-corrected chi connectivity index (χ4v) is 1.24. The first-order valence-electron chi connectivity index (χ1n) is 5.58. The molecule has 0 radical (unpaired) electrons. The SMILES string of the molecule is C=CCCOc1ncnc(NCCC)c1C. The summed E-state index contributed by atoms with van der Waals surface area (Å²) in [6, 6.07) is 0. The standard InChI is InChI=1S/C12H19N3O/c1-4-6-8-16-12-10(3)11(13-7-5-2)14-9-15-12/h4,9H,1,5-8H2,2-3H3,(H,13,14,15). The highest BCUT2D eigenvalue weighted by molar-refractivity contribution is 5.47. The number of nitrogens with zero attached hydrogens (tertiary/aromatic N) is 2. The summed E-state index contributed by atoms with van der Waals surface area (Å²) < 4.78 is 5.54. The van der Waals surface area contributed by atoms with Gasteiger partial charge in [0.2, 0.25) is 5.88 Å². The van der Waals surface area contributed by atoms with Gasteiger partial charge in [-0.3, -0.25) is 0 Å². The molecule has 16 heavy (non-hydrogen) atoms. The van der Waals surface area contributed by atoms with Crippen LogP contribution in [0.4, 0.5) is 5.82 Å². The summed E-state index contributed by atoms with van der Waals surface area (Å²) in [5.74, 6) is 1.50. The van der Waals surface area contributed by atoms with Crippen LogP contribution in [0.1, 0.15) is 25.3 Å². The van der Waals surface area contributed by atoms with Crippen LogP contribution in [0.15, 0.2) is 19.0 Å². The van der Waals surface area contributed by atoms with E-state index in [1.165, 1.54) is 6.33 Å². The van der Waals surface area contributed by atoms with Crippen molar-refractivity contribution >= 4 is 5.82 Å². The molecule has 0 fully saturated rings. The molecular formula is C12H19N3O. The molecule has 0 saturated heterocycles. The zero-order valence-corrected chi connectivity index (χ0v) is 9.99. The van der Waals surface area contributed by atoms with Gasteiger partial charge in [0.05, 0.1) is 12.2 Å². The second kappa shape index (κ2) is 6.82. The van der Waals surface area contributed by atoms with Crippen LogP contribution in [0.5, 0.6) is 5.88 Å². The maximum atomic E-state index is 5.54. The number of hydrogen-bond acceptors (Lipinski definition) is 4. The van der Waals surface area contributed by atoms with Gasteiger partial charge in [-0.15, -0.1) is 6.58 Å². The predicted molar refractivity (Wildman–Crippen MR) is 65.9 cm³/mol. The molecule has 0 bridgehead atoms. The van der Waals surface area contributed by atoms with Crippen molar-refractivity contribution in [2.45, 2.75) is 26.7 Å². The number of rotatable bonds is 7. The van der Waals surface area contributed by atoms with Crippen LogP contribution >= 0.6 is 0 Å². The van der Waals surface area contributed by atoms with Crippen LogP contribution in [0.25, 0.3) is 0 Å². The number of anilines is 1. The molecule has 1 rings (SSSR count). The van der Waals surface area contributed by atoms with Crippen LogP contribution in [-0.2, 0) is 0 Å². The summed E-state index contributed by atoms with van der Waals surface area (Å²) in [6.07, 6.45) is 5.23. The van der Waals surface area contributed by atoms with Gasteiger partial charge in [-0.25, -0.2) is 9.97 Å². The normalized spacial score (nSPS) is 9.88. The van der Waals surface area contributed by atoms with Gasteiger partial charge < -0.3 is 10.1 Å². The second-order valence-electron chi connectivity index (χ2n) is 3.51. The Morgan fingerprint density at radius 1 is 1.50 bits per heavy atom. The van der Waals surface area contributed by atoms with Gasteiger partial charge in [0.1, 0.15) is 12.1 Å². The second-order valence-corrected chi connectivity index (χ2v) is 3.51. The molecule has 1 heterocycles. The van der Waals surface area contributed by atoms with E-state index in [9.17, 15) is 0 Å². The van der Waals surface area contributed by atoms with E-state index in [2.05, 4.69) is 28.8 Å². The Balaban J connectivity index is 2.65. The van der Waals surface area contributed by atoms with Gasteiger partial charge in [-0.2, -0.15) is 0 Å². The minimum absolute atomic E-state index is 0.606. The zero-order chi connectivity index (χ0) is 11.8. The third-order valence-corrected chi connectivity index (χ3v) is 2.14. The molecular weight excluding hydrogens is 202 g/mol. The summed E-state index contributed by atoms with van der Waals surface area (Å²) in [5.41, 5.74) is 0.958. The van der Waals surface area contributed by atoms with E-state index >= 15 is 0 Å². The summed E-state index contributed by atoms with van der Waals surface area (Å²) in [5, 5.41) is 3.24. The minimum atomic E-state index is 0.606. The summed E-state index contributed by atoms with van der Waals surface area (Å²) in [4.78, 5) is 8.29. The summed E-state index contributed by atoms with van der Waals surface area (Å²) in [7, 11) is 0. The zero-order valence-electron chi connectivity index (χ0n) is 9.99. The first-order chi connectivity index (χ1) is 7.79. The molecule has 0 atom stereocenters. The van der Waals surface area contributed by atoms with E-state index in [-0.39, 0.29) is 0 Å². The lowest BCUT2D eigenvalue weighted by molar-refractivity contribution is 0.309. The maximum Gasteiger partial charge on any atom is 0.221 e. The molecule has 0 amide bonds. The third kappa shape index (κ3) is 3.53. The van der Waals surface area contributed by atoms with Gasteiger partial charge in [-0.1, -0.05) is 13.0 Å². The smallest absolute Gasteiger partial charge is 0.221 e. The van der Waals surface area contributed by atoms with Gasteiger partial charge >= 0.3 is 0 Å². The van der Waals surface area contributed by atoms with Crippen molar-refractivity contribution in [3.05, 3.63) is 24.5 Å². The number of aromatic nitrogens is 2. The fraction of sp³-hybridized carbons (Fsp3) is 0.500. The molecule has 0 saturated carbocycles. The molecule has 1 aromatic heterocycles. The quantitative estimate of drug-likeness (QED) is 0.568. The number of nitrogens with one attached hydrogen (secondary N) is 1. The van der Waals surface area contributed by atoms with Crippen molar-refractivity contribution in [3.63, 3.8) is 0 Å². The monoisotopic (exact) mass is 221 g/mol. The lowest BCUT2D eigenvalue weighted by Crippen LogP contribution is -2.07. The molecule has 1 aromatic rings. The van der Waals surface area contributed by atoms with E-state index in [1.54, 1.807) is 0 Å². The van der Waals surface area contributed by atoms with Crippen molar-refractivity contribution in [2.75, 3.05) is 18.5 Å². The number of hydrogen-bond donors (Lipinski definition) is 1. The summed E-state index contributed by atoms with van der Waals surface area (Å²) >= 11 is 0. The third-order valence-electron chi connectivity index (χ3n) is 2.14. The Morgan fingerprint density at radius 2 is 2.31 bits per heavy atom. The van der Waals surface area contributed by atoms with Crippen molar-refractivity contribution < 1.29 is 4.74 Å². The Bertz CT molecular complexity index is 339. The largest absolute Gasteiger partial charge is 0.477 e. The molecule has 0 aliphatic rings. The van der Waals surface area contributed by atoms with Crippen LogP contribution in [0.3, 0.4) is 0 Å².